The Morgan fingerprint density at radius 3 is 2.37 bits per heavy atom. The second-order valence-electron chi connectivity index (χ2n) is 4.21. The van der Waals surface area contributed by atoms with Crippen LogP contribution in [0.5, 0.6) is 0 Å². The number of likely N-dealkylation sites (N-methyl/N-ethyl adjacent to an activating group) is 1. The van der Waals surface area contributed by atoms with Crippen LogP contribution in [0.25, 0.3) is 0 Å². The molecule has 0 radical (unpaired) electrons. The highest BCUT2D eigenvalue weighted by molar-refractivity contribution is 9.10. The summed E-state index contributed by atoms with van der Waals surface area (Å²) in [6.45, 7) is 2.44. The number of benzene rings is 1. The summed E-state index contributed by atoms with van der Waals surface area (Å²) in [6, 6.07) is 7.76. The van der Waals surface area contributed by atoms with E-state index in [1.165, 1.54) is 0 Å². The Labute approximate surface area is 121 Å². The lowest BCUT2D eigenvalue weighted by Gasteiger charge is -2.13. The van der Waals surface area contributed by atoms with Crippen molar-refractivity contribution in [3.05, 3.63) is 34.3 Å². The lowest BCUT2D eigenvalue weighted by atomic mass is 10.1. The first-order valence-electron chi connectivity index (χ1n) is 6.10. The quantitative estimate of drug-likeness (QED) is 0.684. The Morgan fingerprint density at radius 2 is 1.79 bits per heavy atom. The van der Waals surface area contributed by atoms with E-state index in [1.54, 1.807) is 12.4 Å². The van der Waals surface area contributed by atoms with Crippen molar-refractivity contribution in [3.8, 4) is 0 Å². The van der Waals surface area contributed by atoms with Crippen LogP contribution in [0.2, 0.25) is 0 Å². The fourth-order valence-corrected chi connectivity index (χ4v) is 1.84. The summed E-state index contributed by atoms with van der Waals surface area (Å²) in [7, 11) is 1.58. The summed E-state index contributed by atoms with van der Waals surface area (Å²) in [5.41, 5.74) is 1.04. The molecule has 4 N–H and O–H groups in total. The van der Waals surface area contributed by atoms with E-state index in [0.717, 1.165) is 10.0 Å². The number of nitrogens with one attached hydrogen (secondary N) is 2. The molecule has 0 fully saturated rings. The third kappa shape index (κ3) is 5.85. The first-order chi connectivity index (χ1) is 9.02. The lowest BCUT2D eigenvalue weighted by molar-refractivity contribution is -0.633. The average molecular weight is 329 g/mol. The Bertz CT molecular complexity index is 434. The largest absolute Gasteiger partial charge is 0.354 e. The van der Waals surface area contributed by atoms with Crippen LogP contribution >= 0.6 is 15.9 Å². The molecule has 0 bridgehead atoms. The van der Waals surface area contributed by atoms with E-state index in [-0.39, 0.29) is 30.9 Å². The fourth-order valence-electron chi connectivity index (χ4n) is 1.57. The van der Waals surface area contributed by atoms with E-state index in [1.807, 2.05) is 31.2 Å². The number of halogens is 1. The van der Waals surface area contributed by atoms with Gasteiger partial charge in [-0.1, -0.05) is 28.1 Å². The first-order valence-corrected chi connectivity index (χ1v) is 6.89. The van der Waals surface area contributed by atoms with Crippen LogP contribution in [0.4, 0.5) is 0 Å². The van der Waals surface area contributed by atoms with Gasteiger partial charge in [0, 0.05) is 11.5 Å². The van der Waals surface area contributed by atoms with Gasteiger partial charge in [-0.2, -0.15) is 0 Å². The molecule has 2 amide bonds. The Balaban J connectivity index is 2.35. The Kier molecular flexibility index (Phi) is 6.52. The van der Waals surface area contributed by atoms with Crippen LogP contribution in [0.1, 0.15) is 18.5 Å². The standard InChI is InChI=1S/C13H18BrN3O2/c1-9(10-3-5-11(14)6-4-10)17-13(19)8-16-7-12(18)15-2/h3-6,9,16H,7-8H2,1-2H3,(H,15,18)(H,17,19)/p+1/t9-/m1/s1. The van der Waals surface area contributed by atoms with Crippen molar-refractivity contribution in [3.63, 3.8) is 0 Å². The molecule has 0 spiro atoms. The number of rotatable bonds is 6. The number of hydrogen-bond donors (Lipinski definition) is 3. The Morgan fingerprint density at radius 1 is 1.21 bits per heavy atom. The monoisotopic (exact) mass is 328 g/mol. The van der Waals surface area contributed by atoms with Gasteiger partial charge in [0.1, 0.15) is 0 Å². The van der Waals surface area contributed by atoms with Crippen LogP contribution in [0.3, 0.4) is 0 Å². The second kappa shape index (κ2) is 7.91. The predicted octanol–water partition coefficient (Wildman–Crippen LogP) is -0.0643. The van der Waals surface area contributed by atoms with Crippen LogP contribution in [-0.4, -0.2) is 32.0 Å². The average Bonchev–Trinajstić information content (AvgIpc) is 2.39. The molecular weight excluding hydrogens is 310 g/mol. The van der Waals surface area contributed by atoms with Gasteiger partial charge in [0.2, 0.25) is 0 Å². The zero-order chi connectivity index (χ0) is 14.3. The number of amides is 2. The molecule has 0 unspecified atom stereocenters. The lowest BCUT2D eigenvalue weighted by Crippen LogP contribution is -2.88. The number of carbonyl (C=O) groups excluding carboxylic acids is 2. The molecule has 5 nitrogen and oxygen atoms in total. The van der Waals surface area contributed by atoms with Crippen molar-refractivity contribution in [2.75, 3.05) is 20.1 Å². The minimum absolute atomic E-state index is 0.0472. The summed E-state index contributed by atoms with van der Waals surface area (Å²) in [6.07, 6.45) is 0. The maximum Gasteiger partial charge on any atom is 0.275 e. The summed E-state index contributed by atoms with van der Waals surface area (Å²) < 4.78 is 1.01. The van der Waals surface area contributed by atoms with Crippen LogP contribution in [0, 0.1) is 0 Å². The summed E-state index contributed by atoms with van der Waals surface area (Å²) in [4.78, 5) is 22.7. The molecule has 0 aliphatic rings. The molecule has 0 heterocycles. The summed E-state index contributed by atoms with van der Waals surface area (Å²) in [5, 5.41) is 7.06. The van der Waals surface area contributed by atoms with Gasteiger partial charge < -0.3 is 16.0 Å². The van der Waals surface area contributed by atoms with E-state index in [2.05, 4.69) is 26.6 Å². The number of carbonyl (C=O) groups is 2. The second-order valence-corrected chi connectivity index (χ2v) is 5.13. The smallest absolute Gasteiger partial charge is 0.275 e. The summed E-state index contributed by atoms with van der Waals surface area (Å²) in [5.74, 6) is -0.173. The third-order valence-corrected chi connectivity index (χ3v) is 3.21. The van der Waals surface area contributed by atoms with Crippen LogP contribution in [-0.2, 0) is 9.59 Å². The third-order valence-electron chi connectivity index (χ3n) is 2.69. The van der Waals surface area contributed by atoms with E-state index in [4.69, 9.17) is 0 Å². The molecular formula is C13H19BrN3O2+. The number of nitrogens with two attached hydrogens (primary N) is 1. The molecule has 1 aromatic carbocycles. The van der Waals surface area contributed by atoms with Crippen molar-refractivity contribution in [2.24, 2.45) is 0 Å². The zero-order valence-corrected chi connectivity index (χ0v) is 12.7. The normalized spacial score (nSPS) is 11.7. The van der Waals surface area contributed by atoms with Gasteiger partial charge in [0.25, 0.3) is 11.8 Å². The highest BCUT2D eigenvalue weighted by atomic mass is 79.9. The van der Waals surface area contributed by atoms with Gasteiger partial charge in [-0.05, 0) is 24.6 Å². The summed E-state index contributed by atoms with van der Waals surface area (Å²) >= 11 is 3.37. The maximum atomic E-state index is 11.7. The zero-order valence-electron chi connectivity index (χ0n) is 11.1. The molecule has 104 valence electrons. The fraction of sp³-hybridized carbons (Fsp3) is 0.385. The SMILES string of the molecule is CNC(=O)C[NH2+]CC(=O)N[C@H](C)c1ccc(Br)cc1. The van der Waals surface area contributed by atoms with E-state index < -0.39 is 0 Å². The van der Waals surface area contributed by atoms with Crippen molar-refractivity contribution in [2.45, 2.75) is 13.0 Å². The van der Waals surface area contributed by atoms with Crippen molar-refractivity contribution in [1.82, 2.24) is 10.6 Å². The van der Waals surface area contributed by atoms with Gasteiger partial charge in [-0.3, -0.25) is 9.59 Å². The molecule has 0 aliphatic carbocycles. The van der Waals surface area contributed by atoms with Crippen molar-refractivity contribution >= 4 is 27.7 Å². The first kappa shape index (κ1) is 15.7. The molecule has 0 saturated heterocycles. The highest BCUT2D eigenvalue weighted by Crippen LogP contribution is 2.16. The molecule has 0 aromatic heterocycles. The van der Waals surface area contributed by atoms with Gasteiger partial charge in [-0.15, -0.1) is 0 Å². The molecule has 0 saturated carbocycles. The molecule has 6 heteroatoms. The van der Waals surface area contributed by atoms with Crippen molar-refractivity contribution < 1.29 is 14.9 Å². The van der Waals surface area contributed by atoms with Crippen LogP contribution in [0.15, 0.2) is 28.7 Å². The Hall–Kier alpha value is -1.40. The van der Waals surface area contributed by atoms with Crippen molar-refractivity contribution in [1.29, 1.82) is 0 Å². The van der Waals surface area contributed by atoms with Crippen LogP contribution < -0.4 is 16.0 Å². The molecule has 1 aromatic rings. The molecule has 0 aliphatic heterocycles. The molecule has 19 heavy (non-hydrogen) atoms. The minimum atomic E-state index is -0.0891. The van der Waals surface area contributed by atoms with E-state index >= 15 is 0 Å². The molecule has 1 atom stereocenters. The topological polar surface area (TPSA) is 74.8 Å². The van der Waals surface area contributed by atoms with Gasteiger partial charge in [0.15, 0.2) is 13.1 Å². The van der Waals surface area contributed by atoms with Gasteiger partial charge in [0.05, 0.1) is 6.04 Å². The van der Waals surface area contributed by atoms with Gasteiger partial charge in [-0.25, -0.2) is 0 Å². The van der Waals surface area contributed by atoms with E-state index in [0.29, 0.717) is 0 Å². The highest BCUT2D eigenvalue weighted by Gasteiger charge is 2.11. The number of hydrogen-bond acceptors (Lipinski definition) is 2. The van der Waals surface area contributed by atoms with Gasteiger partial charge >= 0.3 is 0 Å². The predicted molar refractivity (Wildman–Crippen MR) is 76.4 cm³/mol. The maximum absolute atomic E-state index is 11.7. The number of quaternary nitrogens is 1. The van der Waals surface area contributed by atoms with E-state index in [9.17, 15) is 9.59 Å². The molecule has 1 rings (SSSR count). The minimum Gasteiger partial charge on any atom is -0.354 e.